The molecule has 0 saturated heterocycles. The predicted molar refractivity (Wildman–Crippen MR) is 80.9 cm³/mol. The third-order valence-corrected chi connectivity index (χ3v) is 3.19. The molecule has 0 unspecified atom stereocenters. The Morgan fingerprint density at radius 2 is 1.79 bits per heavy atom. The van der Waals surface area contributed by atoms with E-state index in [-0.39, 0.29) is 5.97 Å². The molecular formula is C16H29NO2. The molecule has 0 aliphatic carbocycles. The van der Waals surface area contributed by atoms with E-state index in [2.05, 4.69) is 18.3 Å². The van der Waals surface area contributed by atoms with Crippen molar-refractivity contribution in [3.05, 3.63) is 23.4 Å². The van der Waals surface area contributed by atoms with Crippen molar-refractivity contribution in [2.24, 2.45) is 0 Å². The van der Waals surface area contributed by atoms with Gasteiger partial charge in [-0.15, -0.1) is 0 Å². The summed E-state index contributed by atoms with van der Waals surface area (Å²) in [5.74, 6) is -0.315. The number of allylic oxidation sites excluding steroid dienone is 3. The standard InChI is InChI=1S/C16H29NO2/c1-5-7-8-9-10-11-12-14(6-2)13-15(17-3)16(18)19-4/h6,13,17H,5,7-12H2,1-4H3/b14-6-,15-13-. The van der Waals surface area contributed by atoms with Crippen LogP contribution in [-0.2, 0) is 9.53 Å². The first-order valence-corrected chi connectivity index (χ1v) is 7.32. The highest BCUT2D eigenvalue weighted by Crippen LogP contribution is 2.14. The number of likely N-dealkylation sites (N-methyl/N-ethyl adjacent to an activating group) is 1. The fourth-order valence-electron chi connectivity index (χ4n) is 1.94. The number of unbranched alkanes of at least 4 members (excludes halogenated alkanes) is 5. The molecule has 0 fully saturated rings. The third-order valence-electron chi connectivity index (χ3n) is 3.19. The van der Waals surface area contributed by atoms with Crippen LogP contribution in [0.25, 0.3) is 0 Å². The highest BCUT2D eigenvalue weighted by atomic mass is 16.5. The molecule has 110 valence electrons. The van der Waals surface area contributed by atoms with Gasteiger partial charge in [0, 0.05) is 7.05 Å². The molecule has 0 aliphatic rings. The molecule has 0 radical (unpaired) electrons. The van der Waals surface area contributed by atoms with E-state index in [1.165, 1.54) is 51.2 Å². The number of methoxy groups -OCH3 is 1. The maximum Gasteiger partial charge on any atom is 0.354 e. The summed E-state index contributed by atoms with van der Waals surface area (Å²) in [6.07, 6.45) is 12.7. The number of hydrogen-bond donors (Lipinski definition) is 1. The first kappa shape index (κ1) is 17.8. The van der Waals surface area contributed by atoms with Crippen molar-refractivity contribution in [3.8, 4) is 0 Å². The molecule has 0 aromatic rings. The van der Waals surface area contributed by atoms with Crippen molar-refractivity contribution >= 4 is 5.97 Å². The van der Waals surface area contributed by atoms with Crippen LogP contribution in [0.5, 0.6) is 0 Å². The van der Waals surface area contributed by atoms with Crippen molar-refractivity contribution in [3.63, 3.8) is 0 Å². The van der Waals surface area contributed by atoms with Crippen LogP contribution in [0.2, 0.25) is 0 Å². The van der Waals surface area contributed by atoms with Gasteiger partial charge in [-0.2, -0.15) is 0 Å². The Bertz CT molecular complexity index is 306. The summed E-state index contributed by atoms with van der Waals surface area (Å²) in [6.45, 7) is 4.24. The lowest BCUT2D eigenvalue weighted by atomic mass is 10.0. The molecule has 0 aliphatic heterocycles. The Morgan fingerprint density at radius 3 is 2.32 bits per heavy atom. The van der Waals surface area contributed by atoms with Crippen LogP contribution in [-0.4, -0.2) is 20.1 Å². The van der Waals surface area contributed by atoms with Crippen LogP contribution in [0.1, 0.15) is 58.8 Å². The number of esters is 1. The van der Waals surface area contributed by atoms with Crippen molar-refractivity contribution in [1.29, 1.82) is 0 Å². The molecule has 0 spiro atoms. The average Bonchev–Trinajstić information content (AvgIpc) is 2.45. The van der Waals surface area contributed by atoms with Gasteiger partial charge in [-0.3, -0.25) is 0 Å². The summed E-state index contributed by atoms with van der Waals surface area (Å²) < 4.78 is 4.72. The Labute approximate surface area is 118 Å². The number of rotatable bonds is 10. The van der Waals surface area contributed by atoms with Gasteiger partial charge in [-0.25, -0.2) is 4.79 Å². The van der Waals surface area contributed by atoms with Gasteiger partial charge in [-0.1, -0.05) is 45.1 Å². The van der Waals surface area contributed by atoms with Crippen molar-refractivity contribution in [2.45, 2.75) is 58.8 Å². The molecule has 19 heavy (non-hydrogen) atoms. The Kier molecular flexibility index (Phi) is 11.0. The number of carbonyl (C=O) groups is 1. The quantitative estimate of drug-likeness (QED) is 0.282. The summed E-state index contributed by atoms with van der Waals surface area (Å²) in [6, 6.07) is 0. The van der Waals surface area contributed by atoms with Crippen molar-refractivity contribution in [1.82, 2.24) is 5.32 Å². The maximum absolute atomic E-state index is 11.5. The minimum Gasteiger partial charge on any atom is -0.464 e. The molecule has 3 heteroatoms. The summed E-state index contributed by atoms with van der Waals surface area (Å²) in [4.78, 5) is 11.5. The number of ether oxygens (including phenoxy) is 1. The van der Waals surface area contributed by atoms with Gasteiger partial charge in [-0.05, 0) is 31.4 Å². The molecule has 0 aromatic carbocycles. The monoisotopic (exact) mass is 267 g/mol. The Morgan fingerprint density at radius 1 is 1.16 bits per heavy atom. The summed E-state index contributed by atoms with van der Waals surface area (Å²) in [5, 5.41) is 2.88. The zero-order chi connectivity index (χ0) is 14.5. The largest absolute Gasteiger partial charge is 0.464 e. The van der Waals surface area contributed by atoms with Crippen molar-refractivity contribution < 1.29 is 9.53 Å². The number of hydrogen-bond acceptors (Lipinski definition) is 3. The summed E-state index contributed by atoms with van der Waals surface area (Å²) in [7, 11) is 3.14. The predicted octanol–water partition coefficient (Wildman–Crippen LogP) is 3.96. The highest BCUT2D eigenvalue weighted by Gasteiger charge is 2.07. The van der Waals surface area contributed by atoms with Crippen LogP contribution >= 0.6 is 0 Å². The van der Waals surface area contributed by atoms with Gasteiger partial charge in [0.1, 0.15) is 5.70 Å². The van der Waals surface area contributed by atoms with Gasteiger partial charge >= 0.3 is 5.97 Å². The molecule has 1 N–H and O–H groups in total. The molecule has 0 saturated carbocycles. The Hall–Kier alpha value is -1.25. The zero-order valence-electron chi connectivity index (χ0n) is 12.9. The van der Waals surface area contributed by atoms with Crippen LogP contribution < -0.4 is 5.32 Å². The minimum atomic E-state index is -0.315. The molecule has 0 atom stereocenters. The van der Waals surface area contributed by atoms with E-state index < -0.39 is 0 Å². The molecule has 0 amide bonds. The van der Waals surface area contributed by atoms with Gasteiger partial charge < -0.3 is 10.1 Å². The van der Waals surface area contributed by atoms with Crippen LogP contribution in [0.3, 0.4) is 0 Å². The molecule has 0 heterocycles. The van der Waals surface area contributed by atoms with E-state index in [4.69, 9.17) is 4.74 Å². The normalized spacial score (nSPS) is 12.4. The van der Waals surface area contributed by atoms with Crippen LogP contribution in [0.15, 0.2) is 23.4 Å². The lowest BCUT2D eigenvalue weighted by Gasteiger charge is -2.07. The fraction of sp³-hybridized carbons (Fsp3) is 0.688. The van der Waals surface area contributed by atoms with E-state index in [0.29, 0.717) is 5.70 Å². The molecule has 3 nitrogen and oxygen atoms in total. The van der Waals surface area contributed by atoms with Gasteiger partial charge in [0.2, 0.25) is 0 Å². The summed E-state index contributed by atoms with van der Waals surface area (Å²) >= 11 is 0. The number of carbonyl (C=O) groups excluding carboxylic acids is 1. The molecule has 0 rings (SSSR count). The van der Waals surface area contributed by atoms with E-state index in [1.54, 1.807) is 7.05 Å². The molecule has 0 bridgehead atoms. The number of nitrogens with one attached hydrogen (secondary N) is 1. The molecular weight excluding hydrogens is 238 g/mol. The molecule has 0 aromatic heterocycles. The van der Waals surface area contributed by atoms with Gasteiger partial charge in [0.05, 0.1) is 7.11 Å². The van der Waals surface area contributed by atoms with Gasteiger partial charge in [0.15, 0.2) is 0 Å². The average molecular weight is 267 g/mol. The minimum absolute atomic E-state index is 0.315. The maximum atomic E-state index is 11.5. The lowest BCUT2D eigenvalue weighted by Crippen LogP contribution is -2.17. The second-order valence-corrected chi connectivity index (χ2v) is 4.68. The van der Waals surface area contributed by atoms with E-state index in [0.717, 1.165) is 6.42 Å². The second-order valence-electron chi connectivity index (χ2n) is 4.68. The van der Waals surface area contributed by atoms with Crippen LogP contribution in [0, 0.1) is 0 Å². The first-order valence-electron chi connectivity index (χ1n) is 7.32. The third kappa shape index (κ3) is 8.46. The Balaban J connectivity index is 4.14. The second kappa shape index (κ2) is 11.8. The van der Waals surface area contributed by atoms with E-state index >= 15 is 0 Å². The van der Waals surface area contributed by atoms with Crippen molar-refractivity contribution in [2.75, 3.05) is 14.2 Å². The first-order chi connectivity index (χ1) is 9.19. The smallest absolute Gasteiger partial charge is 0.354 e. The SMILES string of the molecule is C/C=C(\C=C(/NC)C(=O)OC)CCCCCCCC. The lowest BCUT2D eigenvalue weighted by molar-refractivity contribution is -0.136. The van der Waals surface area contributed by atoms with E-state index in [9.17, 15) is 4.79 Å². The van der Waals surface area contributed by atoms with E-state index in [1.807, 2.05) is 13.0 Å². The fourth-order valence-corrected chi connectivity index (χ4v) is 1.94. The summed E-state index contributed by atoms with van der Waals surface area (Å²) in [5.41, 5.74) is 1.70. The van der Waals surface area contributed by atoms with Gasteiger partial charge in [0.25, 0.3) is 0 Å². The topological polar surface area (TPSA) is 38.3 Å². The zero-order valence-corrected chi connectivity index (χ0v) is 12.9. The highest BCUT2D eigenvalue weighted by molar-refractivity contribution is 5.88. The van der Waals surface area contributed by atoms with Crippen LogP contribution in [0.4, 0.5) is 0 Å².